The SMILES string of the molecule is CN(C)c1ccc(N)c(SS(=O)(=O)O)c1. The quantitative estimate of drug-likeness (QED) is 0.475. The first-order chi connectivity index (χ1) is 6.79. The van der Waals surface area contributed by atoms with Gasteiger partial charge in [-0.25, -0.2) is 0 Å². The van der Waals surface area contributed by atoms with Gasteiger partial charge in [-0.1, -0.05) is 0 Å². The van der Waals surface area contributed by atoms with Crippen LogP contribution in [0.4, 0.5) is 11.4 Å². The van der Waals surface area contributed by atoms with Crippen LogP contribution in [0, 0.1) is 0 Å². The predicted molar refractivity (Wildman–Crippen MR) is 62.6 cm³/mol. The smallest absolute Gasteiger partial charge is 0.324 e. The van der Waals surface area contributed by atoms with Crippen LogP contribution in [-0.4, -0.2) is 27.1 Å². The van der Waals surface area contributed by atoms with Crippen molar-refractivity contribution in [1.29, 1.82) is 0 Å². The lowest BCUT2D eigenvalue weighted by Crippen LogP contribution is -2.09. The van der Waals surface area contributed by atoms with Crippen LogP contribution in [0.2, 0.25) is 0 Å². The van der Waals surface area contributed by atoms with Crippen molar-refractivity contribution in [1.82, 2.24) is 0 Å². The number of nitrogen functional groups attached to an aromatic ring is 1. The van der Waals surface area contributed by atoms with Gasteiger partial charge in [0, 0.05) is 36.3 Å². The van der Waals surface area contributed by atoms with Crippen molar-refractivity contribution in [2.45, 2.75) is 4.90 Å². The maximum absolute atomic E-state index is 10.7. The zero-order chi connectivity index (χ0) is 11.6. The fourth-order valence-corrected chi connectivity index (χ4v) is 2.66. The van der Waals surface area contributed by atoms with Crippen LogP contribution in [0.25, 0.3) is 0 Å². The third-order valence-corrected chi connectivity index (χ3v) is 3.62. The van der Waals surface area contributed by atoms with Gasteiger partial charge in [-0.2, -0.15) is 8.42 Å². The van der Waals surface area contributed by atoms with Crippen LogP contribution >= 0.6 is 10.8 Å². The molecule has 0 aliphatic carbocycles. The van der Waals surface area contributed by atoms with E-state index in [-0.39, 0.29) is 0 Å². The molecule has 1 rings (SSSR count). The Morgan fingerprint density at radius 1 is 1.40 bits per heavy atom. The monoisotopic (exact) mass is 248 g/mol. The van der Waals surface area contributed by atoms with Crippen LogP contribution in [0.3, 0.4) is 0 Å². The van der Waals surface area contributed by atoms with Gasteiger partial charge in [-0.3, -0.25) is 4.55 Å². The van der Waals surface area contributed by atoms with E-state index in [0.29, 0.717) is 21.4 Å². The second-order valence-electron chi connectivity index (χ2n) is 3.13. The average Bonchev–Trinajstić information content (AvgIpc) is 2.06. The zero-order valence-electron chi connectivity index (χ0n) is 8.34. The molecule has 0 atom stereocenters. The molecule has 0 fully saturated rings. The lowest BCUT2D eigenvalue weighted by atomic mass is 10.3. The van der Waals surface area contributed by atoms with Crippen molar-refractivity contribution in [2.75, 3.05) is 24.7 Å². The summed E-state index contributed by atoms with van der Waals surface area (Å²) in [6.45, 7) is 0. The molecular weight excluding hydrogens is 236 g/mol. The summed E-state index contributed by atoms with van der Waals surface area (Å²) in [5.41, 5.74) is 6.72. The summed E-state index contributed by atoms with van der Waals surface area (Å²) in [4.78, 5) is 2.14. The van der Waals surface area contributed by atoms with Crippen LogP contribution in [0.15, 0.2) is 23.1 Å². The first kappa shape index (κ1) is 12.2. The van der Waals surface area contributed by atoms with E-state index in [1.807, 2.05) is 19.0 Å². The molecule has 0 saturated carbocycles. The molecule has 3 N–H and O–H groups in total. The molecule has 0 bridgehead atoms. The molecule has 0 aromatic heterocycles. The molecule has 0 unspecified atom stereocenters. The van der Waals surface area contributed by atoms with E-state index in [2.05, 4.69) is 0 Å². The van der Waals surface area contributed by atoms with Crippen LogP contribution < -0.4 is 10.6 Å². The standard InChI is InChI=1S/C8H12N2O3S2/c1-10(2)6-3-4-7(9)8(5-6)14-15(11,12)13/h3-5H,9H2,1-2H3,(H,11,12,13). The minimum atomic E-state index is -4.12. The Labute approximate surface area is 92.4 Å². The number of benzene rings is 1. The van der Waals surface area contributed by atoms with E-state index in [4.69, 9.17) is 10.3 Å². The molecule has 1 aromatic rings. The first-order valence-electron chi connectivity index (χ1n) is 4.03. The van der Waals surface area contributed by atoms with Gasteiger partial charge in [0.2, 0.25) is 0 Å². The number of anilines is 2. The molecule has 0 amide bonds. The van der Waals surface area contributed by atoms with Crippen molar-refractivity contribution in [2.24, 2.45) is 0 Å². The number of nitrogens with zero attached hydrogens (tertiary/aromatic N) is 1. The molecule has 84 valence electrons. The number of nitrogens with two attached hydrogens (primary N) is 1. The largest absolute Gasteiger partial charge is 0.398 e. The fourth-order valence-electron chi connectivity index (χ4n) is 0.987. The van der Waals surface area contributed by atoms with Gasteiger partial charge in [0.05, 0.1) is 4.90 Å². The highest BCUT2D eigenvalue weighted by molar-refractivity contribution is 8.70. The van der Waals surface area contributed by atoms with Crippen molar-refractivity contribution < 1.29 is 13.0 Å². The molecular formula is C8H12N2O3S2. The second-order valence-corrected chi connectivity index (χ2v) is 6.35. The van der Waals surface area contributed by atoms with E-state index in [1.54, 1.807) is 18.2 Å². The summed E-state index contributed by atoms with van der Waals surface area (Å²) < 4.78 is 30.1. The summed E-state index contributed by atoms with van der Waals surface area (Å²) in [5.74, 6) is 0. The molecule has 0 spiro atoms. The molecule has 5 nitrogen and oxygen atoms in total. The van der Waals surface area contributed by atoms with Gasteiger partial charge in [0.25, 0.3) is 0 Å². The van der Waals surface area contributed by atoms with Crippen molar-refractivity contribution in [3.05, 3.63) is 18.2 Å². The number of hydrogen-bond donors (Lipinski definition) is 2. The van der Waals surface area contributed by atoms with Gasteiger partial charge < -0.3 is 10.6 Å². The topological polar surface area (TPSA) is 83.6 Å². The van der Waals surface area contributed by atoms with Crippen LogP contribution in [0.1, 0.15) is 0 Å². The summed E-state index contributed by atoms with van der Waals surface area (Å²) in [6, 6.07) is 4.97. The third-order valence-electron chi connectivity index (χ3n) is 1.71. The van der Waals surface area contributed by atoms with Crippen molar-refractivity contribution in [3.63, 3.8) is 0 Å². The Hall–Kier alpha value is -0.920. The van der Waals surface area contributed by atoms with Crippen LogP contribution in [0.5, 0.6) is 0 Å². The molecule has 7 heteroatoms. The molecule has 15 heavy (non-hydrogen) atoms. The zero-order valence-corrected chi connectivity index (χ0v) is 9.97. The molecule has 1 aromatic carbocycles. The Kier molecular flexibility index (Phi) is 3.48. The Bertz CT molecular complexity index is 457. The first-order valence-corrected chi connectivity index (χ1v) is 6.80. The maximum Gasteiger partial charge on any atom is 0.324 e. The minimum Gasteiger partial charge on any atom is -0.398 e. The van der Waals surface area contributed by atoms with Gasteiger partial charge in [-0.15, -0.1) is 0 Å². The normalized spacial score (nSPS) is 11.4. The lowest BCUT2D eigenvalue weighted by Gasteiger charge is -2.14. The van der Waals surface area contributed by atoms with E-state index in [0.717, 1.165) is 5.69 Å². The Morgan fingerprint density at radius 3 is 2.47 bits per heavy atom. The number of hydrogen-bond acceptors (Lipinski definition) is 5. The molecule has 0 aliphatic heterocycles. The molecule has 0 radical (unpaired) electrons. The van der Waals surface area contributed by atoms with Gasteiger partial charge in [0.15, 0.2) is 0 Å². The third kappa shape index (κ3) is 3.61. The van der Waals surface area contributed by atoms with Gasteiger partial charge in [-0.05, 0) is 18.2 Å². The Balaban J connectivity index is 3.11. The summed E-state index contributed by atoms with van der Waals surface area (Å²) in [6.07, 6.45) is 0. The van der Waals surface area contributed by atoms with E-state index < -0.39 is 9.15 Å². The van der Waals surface area contributed by atoms with E-state index in [9.17, 15) is 8.42 Å². The van der Waals surface area contributed by atoms with Crippen LogP contribution in [-0.2, 0) is 9.15 Å². The van der Waals surface area contributed by atoms with E-state index in [1.165, 1.54) is 0 Å². The Morgan fingerprint density at radius 2 is 2.00 bits per heavy atom. The molecule has 0 saturated heterocycles. The highest BCUT2D eigenvalue weighted by Gasteiger charge is 2.11. The molecule has 0 heterocycles. The summed E-state index contributed by atoms with van der Waals surface area (Å²) in [7, 11) is -0.135. The van der Waals surface area contributed by atoms with E-state index >= 15 is 0 Å². The summed E-state index contributed by atoms with van der Waals surface area (Å²) >= 11 is 0. The average molecular weight is 248 g/mol. The lowest BCUT2D eigenvalue weighted by molar-refractivity contribution is 0.503. The summed E-state index contributed by atoms with van der Waals surface area (Å²) in [5, 5.41) is 0. The second kappa shape index (κ2) is 4.30. The minimum absolute atomic E-state index is 0.322. The number of rotatable bonds is 3. The highest BCUT2D eigenvalue weighted by atomic mass is 33.1. The maximum atomic E-state index is 10.7. The highest BCUT2D eigenvalue weighted by Crippen LogP contribution is 2.31. The van der Waals surface area contributed by atoms with Crippen molar-refractivity contribution in [3.8, 4) is 0 Å². The molecule has 0 aliphatic rings. The van der Waals surface area contributed by atoms with Crippen molar-refractivity contribution >= 4 is 31.3 Å². The van der Waals surface area contributed by atoms with Gasteiger partial charge >= 0.3 is 9.15 Å². The predicted octanol–water partition coefficient (Wildman–Crippen LogP) is 1.23. The van der Waals surface area contributed by atoms with Gasteiger partial charge in [0.1, 0.15) is 0 Å². The fraction of sp³-hybridized carbons (Fsp3) is 0.250.